The van der Waals surface area contributed by atoms with Crippen LogP contribution in [0.2, 0.25) is 0 Å². The minimum atomic E-state index is 0.855. The van der Waals surface area contributed by atoms with Crippen LogP contribution in [-0.4, -0.2) is 6.61 Å². The third-order valence-corrected chi connectivity index (χ3v) is 1.89. The molecule has 9 heavy (non-hydrogen) atoms. The van der Waals surface area contributed by atoms with Gasteiger partial charge in [-0.25, -0.2) is 0 Å². The number of hydrogen-bond acceptors (Lipinski definition) is 1. The summed E-state index contributed by atoms with van der Waals surface area (Å²) >= 11 is 0. The average Bonchev–Trinajstić information content (AvgIpc) is 1.88. The summed E-state index contributed by atoms with van der Waals surface area (Å²) < 4.78 is 5.41. The Kier molecular flexibility index (Phi) is 2.52. The van der Waals surface area contributed by atoms with Gasteiger partial charge in [-0.2, -0.15) is 0 Å². The molecular formula is C8H15O. The lowest BCUT2D eigenvalue weighted by atomic mass is 9.97. The van der Waals surface area contributed by atoms with Gasteiger partial charge in [0.1, 0.15) is 0 Å². The quantitative estimate of drug-likeness (QED) is 0.525. The molecule has 0 aromatic carbocycles. The lowest BCUT2D eigenvalue weighted by Crippen LogP contribution is -2.16. The Morgan fingerprint density at radius 2 is 2.44 bits per heavy atom. The number of ether oxygens (including phenoxy) is 1. The maximum Gasteiger partial charge on any atom is 0.0970 e. The molecule has 53 valence electrons. The molecule has 1 heteroatoms. The fourth-order valence-corrected chi connectivity index (χ4v) is 1.20. The third-order valence-electron chi connectivity index (χ3n) is 1.89. The van der Waals surface area contributed by atoms with Crippen LogP contribution in [0, 0.1) is 12.0 Å². The van der Waals surface area contributed by atoms with E-state index < -0.39 is 0 Å². The van der Waals surface area contributed by atoms with E-state index in [0.717, 1.165) is 18.9 Å². The zero-order valence-corrected chi connectivity index (χ0v) is 6.31. The van der Waals surface area contributed by atoms with Gasteiger partial charge in [-0.05, 0) is 25.2 Å². The molecule has 1 aliphatic rings. The Balaban J connectivity index is 2.23. The molecule has 0 spiro atoms. The Hall–Kier alpha value is -0.0400. The van der Waals surface area contributed by atoms with Crippen molar-refractivity contribution in [1.82, 2.24) is 0 Å². The van der Waals surface area contributed by atoms with Crippen LogP contribution in [0.25, 0.3) is 0 Å². The number of rotatable bonds is 1. The van der Waals surface area contributed by atoms with E-state index in [2.05, 4.69) is 13.8 Å². The monoisotopic (exact) mass is 127 g/mol. The lowest BCUT2D eigenvalue weighted by Gasteiger charge is -2.24. The van der Waals surface area contributed by atoms with Crippen molar-refractivity contribution in [2.75, 3.05) is 6.61 Å². The molecule has 0 amide bonds. The van der Waals surface area contributed by atoms with Gasteiger partial charge >= 0.3 is 0 Å². The van der Waals surface area contributed by atoms with Crippen LogP contribution in [0.1, 0.15) is 33.1 Å². The van der Waals surface area contributed by atoms with E-state index in [1.54, 1.807) is 0 Å². The molecule has 0 aliphatic carbocycles. The maximum atomic E-state index is 5.41. The molecule has 1 atom stereocenters. The highest BCUT2D eigenvalue weighted by atomic mass is 16.5. The van der Waals surface area contributed by atoms with Gasteiger partial charge in [-0.3, -0.25) is 0 Å². The van der Waals surface area contributed by atoms with Crippen LogP contribution in [0.15, 0.2) is 0 Å². The first kappa shape index (κ1) is 7.07. The molecule has 0 bridgehead atoms. The van der Waals surface area contributed by atoms with Gasteiger partial charge in [0.2, 0.25) is 0 Å². The largest absolute Gasteiger partial charge is 0.372 e. The predicted molar refractivity (Wildman–Crippen MR) is 37.9 cm³/mol. The molecule has 1 unspecified atom stereocenters. The second-order valence-electron chi connectivity index (χ2n) is 2.84. The zero-order valence-electron chi connectivity index (χ0n) is 6.31. The molecule has 1 fully saturated rings. The average molecular weight is 127 g/mol. The van der Waals surface area contributed by atoms with Gasteiger partial charge in [0, 0.05) is 6.61 Å². The fourth-order valence-electron chi connectivity index (χ4n) is 1.20. The zero-order chi connectivity index (χ0) is 6.69. The van der Waals surface area contributed by atoms with Gasteiger partial charge in [0.15, 0.2) is 0 Å². The Morgan fingerprint density at radius 1 is 1.67 bits per heavy atom. The Bertz CT molecular complexity index is 80.6. The van der Waals surface area contributed by atoms with Crippen molar-refractivity contribution in [2.24, 2.45) is 5.92 Å². The highest BCUT2D eigenvalue weighted by molar-refractivity contribution is 4.82. The predicted octanol–water partition coefficient (Wildman–Crippen LogP) is 2.37. The second kappa shape index (κ2) is 3.21. The van der Waals surface area contributed by atoms with Crippen LogP contribution in [0.4, 0.5) is 0 Å². The minimum absolute atomic E-state index is 0.855. The van der Waals surface area contributed by atoms with Crippen molar-refractivity contribution in [1.29, 1.82) is 0 Å². The molecular weight excluding hydrogens is 112 g/mol. The van der Waals surface area contributed by atoms with Crippen molar-refractivity contribution >= 4 is 0 Å². The Morgan fingerprint density at radius 3 is 2.89 bits per heavy atom. The third kappa shape index (κ3) is 1.98. The number of hydrogen-bond donors (Lipinski definition) is 0. The molecule has 1 heterocycles. The molecule has 0 N–H and O–H groups in total. The molecule has 0 aromatic rings. The van der Waals surface area contributed by atoms with Crippen molar-refractivity contribution in [3.8, 4) is 0 Å². The maximum absolute atomic E-state index is 5.41. The van der Waals surface area contributed by atoms with Crippen molar-refractivity contribution in [2.45, 2.75) is 33.1 Å². The lowest BCUT2D eigenvalue weighted by molar-refractivity contribution is 0.0711. The van der Waals surface area contributed by atoms with Crippen molar-refractivity contribution in [3.63, 3.8) is 0 Å². The Labute approximate surface area is 57.4 Å². The summed E-state index contributed by atoms with van der Waals surface area (Å²) in [5.74, 6) is 0.855. The highest BCUT2D eigenvalue weighted by Gasteiger charge is 2.17. The normalized spacial score (nSPS) is 30.7. The van der Waals surface area contributed by atoms with E-state index in [9.17, 15) is 0 Å². The smallest absolute Gasteiger partial charge is 0.0970 e. The van der Waals surface area contributed by atoms with Crippen LogP contribution >= 0.6 is 0 Å². The summed E-state index contributed by atoms with van der Waals surface area (Å²) in [6.07, 6.45) is 4.83. The summed E-state index contributed by atoms with van der Waals surface area (Å²) in [5, 5.41) is 0. The van der Waals surface area contributed by atoms with Gasteiger partial charge < -0.3 is 4.74 Å². The standard InChI is InChI=1S/C8H15O/c1-3-8-6-7(2)4-5-9-8/h7H,3-6H2,1-2H3. The van der Waals surface area contributed by atoms with E-state index in [1.807, 2.05) is 0 Å². The van der Waals surface area contributed by atoms with Crippen LogP contribution < -0.4 is 0 Å². The first-order valence-corrected chi connectivity index (χ1v) is 3.80. The van der Waals surface area contributed by atoms with Crippen molar-refractivity contribution < 1.29 is 4.74 Å². The van der Waals surface area contributed by atoms with Gasteiger partial charge in [-0.15, -0.1) is 0 Å². The van der Waals surface area contributed by atoms with Crippen molar-refractivity contribution in [3.05, 3.63) is 6.10 Å². The molecule has 0 aromatic heterocycles. The SMILES string of the molecule is CC[C]1CC(C)CCO1. The summed E-state index contributed by atoms with van der Waals surface area (Å²) in [7, 11) is 0. The molecule has 1 saturated heterocycles. The molecule has 1 radical (unpaired) electrons. The molecule has 1 rings (SSSR count). The minimum Gasteiger partial charge on any atom is -0.372 e. The van der Waals surface area contributed by atoms with Crippen LogP contribution in [0.5, 0.6) is 0 Å². The summed E-state index contributed by atoms with van der Waals surface area (Å²) in [5.41, 5.74) is 0. The molecule has 0 saturated carbocycles. The first-order chi connectivity index (χ1) is 4.33. The van der Waals surface area contributed by atoms with Gasteiger partial charge in [0.25, 0.3) is 0 Å². The second-order valence-corrected chi connectivity index (χ2v) is 2.84. The van der Waals surface area contributed by atoms with Crippen LogP contribution in [0.3, 0.4) is 0 Å². The van der Waals surface area contributed by atoms with Gasteiger partial charge in [0.05, 0.1) is 6.10 Å². The van der Waals surface area contributed by atoms with E-state index in [4.69, 9.17) is 4.74 Å². The van der Waals surface area contributed by atoms with Crippen LogP contribution in [-0.2, 0) is 4.74 Å². The van der Waals surface area contributed by atoms with Gasteiger partial charge in [-0.1, -0.05) is 13.8 Å². The summed E-state index contributed by atoms with van der Waals surface area (Å²) in [6.45, 7) is 5.40. The molecule has 1 aliphatic heterocycles. The highest BCUT2D eigenvalue weighted by Crippen LogP contribution is 2.26. The topological polar surface area (TPSA) is 9.23 Å². The fraction of sp³-hybridized carbons (Fsp3) is 0.875. The summed E-state index contributed by atoms with van der Waals surface area (Å²) in [6, 6.07) is 0. The van der Waals surface area contributed by atoms with E-state index in [-0.39, 0.29) is 0 Å². The van der Waals surface area contributed by atoms with E-state index in [0.29, 0.717) is 0 Å². The van der Waals surface area contributed by atoms with E-state index in [1.165, 1.54) is 18.9 Å². The van der Waals surface area contributed by atoms with E-state index >= 15 is 0 Å². The first-order valence-electron chi connectivity index (χ1n) is 3.80. The summed E-state index contributed by atoms with van der Waals surface area (Å²) in [4.78, 5) is 0. The molecule has 1 nitrogen and oxygen atoms in total.